The zero-order valence-corrected chi connectivity index (χ0v) is 21.0. The summed E-state index contributed by atoms with van der Waals surface area (Å²) >= 11 is 0. The number of ether oxygens (including phenoxy) is 2. The van der Waals surface area contributed by atoms with Crippen LogP contribution in [0.1, 0.15) is 43.5 Å². The van der Waals surface area contributed by atoms with Crippen molar-refractivity contribution in [1.29, 1.82) is 0 Å². The Kier molecular flexibility index (Phi) is 7.77. The molecule has 37 heavy (non-hydrogen) atoms. The fourth-order valence-electron chi connectivity index (χ4n) is 4.18. The molecule has 1 aliphatic heterocycles. The molecule has 1 amide bonds. The Hall–Kier alpha value is -4.33. The van der Waals surface area contributed by atoms with Crippen LogP contribution in [0.2, 0.25) is 0 Å². The Labute approximate surface area is 215 Å². The molecule has 1 saturated heterocycles. The van der Waals surface area contributed by atoms with Gasteiger partial charge in [0.2, 0.25) is 0 Å². The summed E-state index contributed by atoms with van der Waals surface area (Å²) in [5.41, 5.74) is 1.58. The highest BCUT2D eigenvalue weighted by molar-refractivity contribution is 6.46. The van der Waals surface area contributed by atoms with Crippen LogP contribution in [0.25, 0.3) is 5.76 Å². The number of ketones is 1. The number of rotatable bonds is 9. The Morgan fingerprint density at radius 2 is 1.84 bits per heavy atom. The van der Waals surface area contributed by atoms with Gasteiger partial charge >= 0.3 is 0 Å². The number of likely N-dealkylation sites (tertiary alicyclic amines) is 1. The summed E-state index contributed by atoms with van der Waals surface area (Å²) in [5.74, 6) is -0.672. The van der Waals surface area contributed by atoms with Gasteiger partial charge in [-0.3, -0.25) is 14.6 Å². The number of aromatic nitrogens is 1. The molecule has 0 aliphatic carbocycles. The molecule has 1 fully saturated rings. The largest absolute Gasteiger partial charge is 0.507 e. The quantitative estimate of drug-likeness (QED) is 0.245. The zero-order chi connectivity index (χ0) is 26.5. The smallest absolute Gasteiger partial charge is 0.295 e. The molecule has 2 aromatic carbocycles. The van der Waals surface area contributed by atoms with Crippen LogP contribution < -0.4 is 9.47 Å². The molecule has 1 atom stereocenters. The van der Waals surface area contributed by atoms with Crippen molar-refractivity contribution < 1.29 is 29.3 Å². The number of carbonyl (C=O) groups is 2. The van der Waals surface area contributed by atoms with Gasteiger partial charge in [-0.1, -0.05) is 26.0 Å². The molecule has 1 aliphatic rings. The summed E-state index contributed by atoms with van der Waals surface area (Å²) in [5, 5.41) is 21.5. The van der Waals surface area contributed by atoms with Crippen molar-refractivity contribution in [2.75, 3.05) is 13.2 Å². The minimum absolute atomic E-state index is 0.0436. The van der Waals surface area contributed by atoms with Gasteiger partial charge in [0.05, 0.1) is 24.8 Å². The van der Waals surface area contributed by atoms with Crippen LogP contribution in [0.5, 0.6) is 17.2 Å². The predicted octanol–water partition coefficient (Wildman–Crippen LogP) is 4.84. The maximum absolute atomic E-state index is 13.3. The summed E-state index contributed by atoms with van der Waals surface area (Å²) < 4.78 is 11.3. The SMILES string of the molecule is CCOc1cc([C@@H]2/C(=C(\O)c3ccc(OCC(C)C)cc3)C(=O)C(=O)N2Cc2cccnc2)ccc1O. The molecule has 0 saturated carbocycles. The molecule has 3 aromatic rings. The first-order chi connectivity index (χ1) is 17.8. The molecule has 1 aromatic heterocycles. The van der Waals surface area contributed by atoms with Crippen LogP contribution >= 0.6 is 0 Å². The second-order valence-corrected chi connectivity index (χ2v) is 9.18. The summed E-state index contributed by atoms with van der Waals surface area (Å²) in [4.78, 5) is 32.0. The molecule has 8 nitrogen and oxygen atoms in total. The van der Waals surface area contributed by atoms with Gasteiger partial charge < -0.3 is 24.6 Å². The molecule has 2 N–H and O–H groups in total. The van der Waals surface area contributed by atoms with Gasteiger partial charge in [-0.2, -0.15) is 0 Å². The summed E-state index contributed by atoms with van der Waals surface area (Å²) in [6.07, 6.45) is 3.24. The first-order valence-electron chi connectivity index (χ1n) is 12.2. The molecule has 2 heterocycles. The molecule has 192 valence electrons. The van der Waals surface area contributed by atoms with E-state index in [9.17, 15) is 19.8 Å². The van der Waals surface area contributed by atoms with E-state index in [0.29, 0.717) is 36.0 Å². The molecule has 0 radical (unpaired) electrons. The van der Waals surface area contributed by atoms with Gasteiger partial charge in [-0.05, 0) is 66.4 Å². The number of hydrogen-bond donors (Lipinski definition) is 2. The lowest BCUT2D eigenvalue weighted by atomic mass is 9.94. The van der Waals surface area contributed by atoms with Crippen LogP contribution in [0.15, 0.2) is 72.6 Å². The van der Waals surface area contributed by atoms with Gasteiger partial charge in [0.1, 0.15) is 11.5 Å². The van der Waals surface area contributed by atoms with E-state index in [2.05, 4.69) is 4.98 Å². The van der Waals surface area contributed by atoms with Gasteiger partial charge in [0.25, 0.3) is 11.7 Å². The summed E-state index contributed by atoms with van der Waals surface area (Å²) in [7, 11) is 0. The summed E-state index contributed by atoms with van der Waals surface area (Å²) in [6, 6.07) is 14.0. The fourth-order valence-corrected chi connectivity index (χ4v) is 4.18. The Bertz CT molecular complexity index is 1300. The molecular formula is C29H30N2O6. The van der Waals surface area contributed by atoms with Crippen LogP contribution in [-0.2, 0) is 16.1 Å². The maximum Gasteiger partial charge on any atom is 0.295 e. The number of benzene rings is 2. The number of hydrogen-bond acceptors (Lipinski definition) is 7. The average Bonchev–Trinajstić information content (AvgIpc) is 3.14. The molecule has 0 spiro atoms. The normalized spacial score (nSPS) is 16.9. The molecule has 8 heteroatoms. The van der Waals surface area contributed by atoms with E-state index in [4.69, 9.17) is 9.47 Å². The lowest BCUT2D eigenvalue weighted by Gasteiger charge is -2.26. The third kappa shape index (κ3) is 5.58. The molecule has 0 unspecified atom stereocenters. The van der Waals surface area contributed by atoms with Crippen LogP contribution in [0.4, 0.5) is 0 Å². The van der Waals surface area contributed by atoms with Crippen molar-refractivity contribution in [3.8, 4) is 17.2 Å². The summed E-state index contributed by atoms with van der Waals surface area (Å²) in [6.45, 7) is 6.85. The van der Waals surface area contributed by atoms with Crippen LogP contribution in [0.3, 0.4) is 0 Å². The fraction of sp³-hybridized carbons (Fsp3) is 0.276. The monoisotopic (exact) mass is 502 g/mol. The Morgan fingerprint density at radius 3 is 2.49 bits per heavy atom. The van der Waals surface area contributed by atoms with E-state index < -0.39 is 17.7 Å². The lowest BCUT2D eigenvalue weighted by molar-refractivity contribution is -0.140. The number of Topliss-reactive ketones (excluding diaryl/α,β-unsaturated/α-hetero) is 1. The average molecular weight is 503 g/mol. The van der Waals surface area contributed by atoms with E-state index in [1.165, 1.54) is 11.0 Å². The zero-order valence-electron chi connectivity index (χ0n) is 21.0. The molecule has 0 bridgehead atoms. The van der Waals surface area contributed by atoms with Crippen molar-refractivity contribution in [2.24, 2.45) is 5.92 Å². The second-order valence-electron chi connectivity index (χ2n) is 9.18. The number of nitrogens with zero attached hydrogens (tertiary/aromatic N) is 2. The standard InChI is InChI=1S/C29H30N2O6/c1-4-36-24-14-21(9-12-23(24)32)26-25(27(33)20-7-10-22(11-8-20)37-17-18(2)3)28(34)29(35)31(26)16-19-6-5-13-30-15-19/h5-15,18,26,32-33H,4,16-17H2,1-3H3/b27-25+/t26-/m1/s1. The van der Waals surface area contributed by atoms with Gasteiger partial charge in [-0.15, -0.1) is 0 Å². The van der Waals surface area contributed by atoms with Crippen molar-refractivity contribution in [3.63, 3.8) is 0 Å². The number of phenolic OH excluding ortho intramolecular Hbond substituents is 1. The van der Waals surface area contributed by atoms with Crippen LogP contribution in [-0.4, -0.2) is 45.0 Å². The van der Waals surface area contributed by atoms with Gasteiger partial charge in [0, 0.05) is 24.5 Å². The maximum atomic E-state index is 13.3. The number of aromatic hydroxyl groups is 1. The third-order valence-electron chi connectivity index (χ3n) is 5.93. The van der Waals surface area contributed by atoms with Crippen molar-refractivity contribution in [3.05, 3.63) is 89.3 Å². The third-order valence-corrected chi connectivity index (χ3v) is 5.93. The second kappa shape index (κ2) is 11.2. The van der Waals surface area contributed by atoms with Crippen molar-refractivity contribution in [1.82, 2.24) is 9.88 Å². The van der Waals surface area contributed by atoms with E-state index in [1.54, 1.807) is 61.8 Å². The van der Waals surface area contributed by atoms with E-state index in [0.717, 1.165) is 5.56 Å². The van der Waals surface area contributed by atoms with Crippen LogP contribution in [0, 0.1) is 5.92 Å². The van der Waals surface area contributed by atoms with E-state index in [1.807, 2.05) is 19.9 Å². The Morgan fingerprint density at radius 1 is 1.08 bits per heavy atom. The number of carbonyl (C=O) groups excluding carboxylic acids is 2. The minimum Gasteiger partial charge on any atom is -0.507 e. The van der Waals surface area contributed by atoms with Crippen molar-refractivity contribution >= 4 is 17.4 Å². The predicted molar refractivity (Wildman–Crippen MR) is 138 cm³/mol. The number of pyridine rings is 1. The molecular weight excluding hydrogens is 472 g/mol. The van der Waals surface area contributed by atoms with E-state index in [-0.39, 0.29) is 29.4 Å². The number of amides is 1. The molecule has 4 rings (SSSR count). The van der Waals surface area contributed by atoms with Crippen molar-refractivity contribution in [2.45, 2.75) is 33.4 Å². The highest BCUT2D eigenvalue weighted by atomic mass is 16.5. The number of aliphatic hydroxyl groups excluding tert-OH is 1. The number of aliphatic hydroxyl groups is 1. The lowest BCUT2D eigenvalue weighted by Crippen LogP contribution is -2.29. The van der Waals surface area contributed by atoms with Gasteiger partial charge in [0.15, 0.2) is 11.5 Å². The Balaban J connectivity index is 1.79. The first kappa shape index (κ1) is 25.8. The highest BCUT2D eigenvalue weighted by Gasteiger charge is 2.46. The topological polar surface area (TPSA) is 109 Å². The highest BCUT2D eigenvalue weighted by Crippen LogP contribution is 2.42. The minimum atomic E-state index is -0.906. The first-order valence-corrected chi connectivity index (χ1v) is 12.2. The van der Waals surface area contributed by atoms with E-state index >= 15 is 0 Å². The van der Waals surface area contributed by atoms with Gasteiger partial charge in [-0.25, -0.2) is 0 Å². The number of phenols is 1.